The van der Waals surface area contributed by atoms with Crippen molar-refractivity contribution in [2.75, 3.05) is 13.1 Å². The van der Waals surface area contributed by atoms with Crippen molar-refractivity contribution in [3.05, 3.63) is 17.6 Å². The maximum Gasteiger partial charge on any atom is 0.246 e. The van der Waals surface area contributed by atoms with E-state index in [4.69, 9.17) is 4.42 Å². The van der Waals surface area contributed by atoms with Crippen molar-refractivity contribution in [2.45, 2.75) is 58.5 Å². The zero-order valence-corrected chi connectivity index (χ0v) is 13.9. The molecule has 1 aromatic rings. The SMILES string of the molecule is CCCNCc1cc(S(=O)(=O)N(CC)C(C)C)c(C)o1. The Morgan fingerprint density at radius 2 is 2.00 bits per heavy atom. The second-order valence-electron chi connectivity index (χ2n) is 5.11. The first kappa shape index (κ1) is 17.2. The number of aryl methyl sites for hydroxylation is 1. The maximum atomic E-state index is 12.6. The van der Waals surface area contributed by atoms with Crippen molar-refractivity contribution in [3.8, 4) is 0 Å². The fourth-order valence-corrected chi connectivity index (χ4v) is 4.03. The number of nitrogens with one attached hydrogen (secondary N) is 1. The van der Waals surface area contributed by atoms with Crippen LogP contribution in [0.15, 0.2) is 15.4 Å². The number of sulfonamides is 1. The Balaban J connectivity index is 3.01. The van der Waals surface area contributed by atoms with Crippen molar-refractivity contribution in [2.24, 2.45) is 0 Å². The summed E-state index contributed by atoms with van der Waals surface area (Å²) in [5.74, 6) is 1.12. The van der Waals surface area contributed by atoms with E-state index in [9.17, 15) is 8.42 Å². The van der Waals surface area contributed by atoms with Crippen LogP contribution in [0.25, 0.3) is 0 Å². The van der Waals surface area contributed by atoms with Gasteiger partial charge in [-0.2, -0.15) is 4.31 Å². The highest BCUT2D eigenvalue weighted by Crippen LogP contribution is 2.24. The molecule has 0 bridgehead atoms. The minimum Gasteiger partial charge on any atom is -0.464 e. The van der Waals surface area contributed by atoms with Crippen LogP contribution in [-0.2, 0) is 16.6 Å². The Hall–Kier alpha value is -0.850. The fourth-order valence-electron chi connectivity index (χ4n) is 2.19. The molecule has 0 saturated carbocycles. The van der Waals surface area contributed by atoms with Gasteiger partial charge in [0.15, 0.2) is 0 Å². The molecule has 0 atom stereocenters. The normalized spacial score (nSPS) is 12.6. The van der Waals surface area contributed by atoms with Crippen LogP contribution in [0.4, 0.5) is 0 Å². The highest BCUT2D eigenvalue weighted by Gasteiger charge is 2.29. The fraction of sp³-hybridized carbons (Fsp3) is 0.714. The van der Waals surface area contributed by atoms with Gasteiger partial charge in [0.1, 0.15) is 16.4 Å². The van der Waals surface area contributed by atoms with E-state index in [-0.39, 0.29) is 10.9 Å². The molecule has 0 radical (unpaired) electrons. The number of furan rings is 1. The molecule has 1 heterocycles. The van der Waals surface area contributed by atoms with Crippen molar-refractivity contribution in [1.82, 2.24) is 9.62 Å². The Kier molecular flexibility index (Phi) is 6.23. The minimum atomic E-state index is -3.48. The summed E-state index contributed by atoms with van der Waals surface area (Å²) in [5.41, 5.74) is 0. The highest BCUT2D eigenvalue weighted by atomic mass is 32.2. The Labute approximate surface area is 122 Å². The molecule has 0 aromatic carbocycles. The maximum absolute atomic E-state index is 12.6. The van der Waals surface area contributed by atoms with E-state index >= 15 is 0 Å². The molecule has 1 N–H and O–H groups in total. The summed E-state index contributed by atoms with van der Waals surface area (Å²) in [7, 11) is -3.48. The van der Waals surface area contributed by atoms with Gasteiger partial charge in [-0.25, -0.2) is 8.42 Å². The molecule has 1 rings (SSSR count). The van der Waals surface area contributed by atoms with Gasteiger partial charge < -0.3 is 9.73 Å². The second kappa shape index (κ2) is 7.24. The third kappa shape index (κ3) is 3.84. The molecule has 20 heavy (non-hydrogen) atoms. The van der Waals surface area contributed by atoms with Crippen LogP contribution in [0.1, 0.15) is 45.6 Å². The smallest absolute Gasteiger partial charge is 0.246 e. The summed E-state index contributed by atoms with van der Waals surface area (Å²) in [5, 5.41) is 3.21. The van der Waals surface area contributed by atoms with Gasteiger partial charge >= 0.3 is 0 Å². The number of rotatable bonds is 8. The predicted octanol–water partition coefficient (Wildman–Crippen LogP) is 2.51. The number of hydrogen-bond acceptors (Lipinski definition) is 4. The van der Waals surface area contributed by atoms with E-state index < -0.39 is 10.0 Å². The van der Waals surface area contributed by atoms with Crippen LogP contribution >= 0.6 is 0 Å². The summed E-state index contributed by atoms with van der Waals surface area (Å²) < 4.78 is 32.3. The van der Waals surface area contributed by atoms with Crippen molar-refractivity contribution < 1.29 is 12.8 Å². The molecule has 6 heteroatoms. The molecule has 116 valence electrons. The largest absolute Gasteiger partial charge is 0.464 e. The van der Waals surface area contributed by atoms with Crippen LogP contribution in [0.5, 0.6) is 0 Å². The molecule has 0 saturated heterocycles. The van der Waals surface area contributed by atoms with Crippen LogP contribution in [0.2, 0.25) is 0 Å². The molecule has 0 aliphatic rings. The lowest BCUT2D eigenvalue weighted by molar-refractivity contribution is 0.368. The standard InChI is InChI=1S/C14H26N2O3S/c1-6-8-15-10-13-9-14(12(5)19-13)20(17,18)16(7-2)11(3)4/h9,11,15H,6-8,10H2,1-5H3. The molecule has 0 aliphatic heterocycles. The number of hydrogen-bond donors (Lipinski definition) is 1. The van der Waals surface area contributed by atoms with Crippen LogP contribution in [0.3, 0.4) is 0 Å². The molecule has 0 amide bonds. The van der Waals surface area contributed by atoms with E-state index in [1.54, 1.807) is 13.0 Å². The summed E-state index contributed by atoms with van der Waals surface area (Å²) in [6.45, 7) is 11.3. The quantitative estimate of drug-likeness (QED) is 0.750. The summed E-state index contributed by atoms with van der Waals surface area (Å²) >= 11 is 0. The van der Waals surface area contributed by atoms with E-state index in [1.807, 2.05) is 20.8 Å². The topological polar surface area (TPSA) is 62.6 Å². The average molecular weight is 302 g/mol. The van der Waals surface area contributed by atoms with Gasteiger partial charge in [-0.3, -0.25) is 0 Å². The lowest BCUT2D eigenvalue weighted by Gasteiger charge is -2.23. The Morgan fingerprint density at radius 3 is 2.50 bits per heavy atom. The van der Waals surface area contributed by atoms with Crippen LogP contribution in [-0.4, -0.2) is 31.9 Å². The second-order valence-corrected chi connectivity index (χ2v) is 6.97. The Bertz CT molecular complexity index is 521. The van der Waals surface area contributed by atoms with Crippen molar-refractivity contribution in [1.29, 1.82) is 0 Å². The molecule has 0 spiro atoms. The molecule has 0 fully saturated rings. The van der Waals surface area contributed by atoms with Gasteiger partial charge in [-0.15, -0.1) is 0 Å². The molecule has 0 unspecified atom stereocenters. The van der Waals surface area contributed by atoms with E-state index in [0.717, 1.165) is 13.0 Å². The van der Waals surface area contributed by atoms with E-state index in [0.29, 0.717) is 24.6 Å². The van der Waals surface area contributed by atoms with Crippen molar-refractivity contribution in [3.63, 3.8) is 0 Å². The predicted molar refractivity (Wildman–Crippen MR) is 80.1 cm³/mol. The summed E-state index contributed by atoms with van der Waals surface area (Å²) in [6, 6.07) is 1.57. The van der Waals surface area contributed by atoms with Crippen LogP contribution in [0, 0.1) is 6.92 Å². The Morgan fingerprint density at radius 1 is 1.35 bits per heavy atom. The summed E-state index contributed by atoms with van der Waals surface area (Å²) in [4.78, 5) is 0.279. The zero-order chi connectivity index (χ0) is 15.3. The minimum absolute atomic E-state index is 0.0685. The van der Waals surface area contributed by atoms with Crippen molar-refractivity contribution >= 4 is 10.0 Å². The van der Waals surface area contributed by atoms with E-state index in [2.05, 4.69) is 12.2 Å². The van der Waals surface area contributed by atoms with Gasteiger partial charge in [0.2, 0.25) is 10.0 Å². The third-order valence-corrected chi connectivity index (χ3v) is 5.38. The highest BCUT2D eigenvalue weighted by molar-refractivity contribution is 7.89. The van der Waals surface area contributed by atoms with Gasteiger partial charge in [0.25, 0.3) is 0 Å². The lowest BCUT2D eigenvalue weighted by atomic mass is 10.4. The molecule has 0 aliphatic carbocycles. The van der Waals surface area contributed by atoms with Gasteiger partial charge in [-0.05, 0) is 33.7 Å². The summed E-state index contributed by atoms with van der Waals surface area (Å²) in [6.07, 6.45) is 1.03. The van der Waals surface area contributed by atoms with E-state index in [1.165, 1.54) is 4.31 Å². The molecular weight excluding hydrogens is 276 g/mol. The van der Waals surface area contributed by atoms with Crippen LogP contribution < -0.4 is 5.32 Å². The van der Waals surface area contributed by atoms with Gasteiger partial charge in [-0.1, -0.05) is 13.8 Å². The lowest BCUT2D eigenvalue weighted by Crippen LogP contribution is -2.36. The first-order valence-corrected chi connectivity index (χ1v) is 8.60. The molecule has 5 nitrogen and oxygen atoms in total. The average Bonchev–Trinajstić information content (AvgIpc) is 2.71. The van der Waals surface area contributed by atoms with Gasteiger partial charge in [0, 0.05) is 18.7 Å². The first-order valence-electron chi connectivity index (χ1n) is 7.16. The monoisotopic (exact) mass is 302 g/mol. The first-order chi connectivity index (χ1) is 9.34. The third-order valence-electron chi connectivity index (χ3n) is 3.12. The van der Waals surface area contributed by atoms with Gasteiger partial charge in [0.05, 0.1) is 6.54 Å². The number of nitrogens with zero attached hydrogens (tertiary/aromatic N) is 1. The molecular formula is C14H26N2O3S. The zero-order valence-electron chi connectivity index (χ0n) is 13.1. The molecule has 1 aromatic heterocycles.